The number of nitrogens with zero attached hydrogens (tertiary/aromatic N) is 3. The minimum absolute atomic E-state index is 0.307. The van der Waals surface area contributed by atoms with E-state index in [1.54, 1.807) is 4.68 Å². The zero-order valence-electron chi connectivity index (χ0n) is 10.4. The van der Waals surface area contributed by atoms with Crippen LogP contribution in [0.3, 0.4) is 0 Å². The molecule has 1 aliphatic rings. The van der Waals surface area contributed by atoms with Crippen LogP contribution in [0.5, 0.6) is 0 Å². The van der Waals surface area contributed by atoms with Gasteiger partial charge in [0.15, 0.2) is 5.82 Å². The molecule has 0 saturated carbocycles. The van der Waals surface area contributed by atoms with Crippen molar-refractivity contribution in [2.24, 2.45) is 5.92 Å². The van der Waals surface area contributed by atoms with Gasteiger partial charge in [0.25, 0.3) is 0 Å². The maximum Gasteiger partial charge on any atom is 0.308 e. The van der Waals surface area contributed by atoms with Gasteiger partial charge in [0.2, 0.25) is 0 Å². The topological polar surface area (TPSA) is 68.0 Å². The highest BCUT2D eigenvalue weighted by atomic mass is 16.4. The molecule has 1 atom stereocenters. The Morgan fingerprint density at radius 2 is 2.24 bits per heavy atom. The summed E-state index contributed by atoms with van der Waals surface area (Å²) in [5, 5.41) is 13.5. The fraction of sp³-hybridized carbons (Fsp3) is 0.750. The van der Waals surface area contributed by atoms with Crippen LogP contribution in [0.4, 0.5) is 0 Å². The SMILES string of the molecule is CCC(CC)c1nc2n(n1)CC(C(=O)O)CC2. The first-order chi connectivity index (χ1) is 8.15. The van der Waals surface area contributed by atoms with E-state index in [9.17, 15) is 4.79 Å². The summed E-state index contributed by atoms with van der Waals surface area (Å²) in [5.41, 5.74) is 0. The van der Waals surface area contributed by atoms with Crippen LogP contribution in [0.25, 0.3) is 0 Å². The lowest BCUT2D eigenvalue weighted by atomic mass is 10.0. The number of hydrogen-bond acceptors (Lipinski definition) is 3. The van der Waals surface area contributed by atoms with Gasteiger partial charge in [-0.05, 0) is 19.3 Å². The molecule has 1 aromatic rings. The number of carboxylic acids is 1. The Balaban J connectivity index is 2.19. The molecule has 1 unspecified atom stereocenters. The number of aromatic nitrogens is 3. The van der Waals surface area contributed by atoms with E-state index in [4.69, 9.17) is 5.11 Å². The molecule has 94 valence electrons. The fourth-order valence-corrected chi connectivity index (χ4v) is 2.36. The molecule has 0 spiro atoms. The zero-order chi connectivity index (χ0) is 12.4. The van der Waals surface area contributed by atoms with Gasteiger partial charge in [-0.3, -0.25) is 4.79 Å². The highest BCUT2D eigenvalue weighted by molar-refractivity contribution is 5.70. The molecule has 5 nitrogen and oxygen atoms in total. The van der Waals surface area contributed by atoms with Crippen LogP contribution >= 0.6 is 0 Å². The molecular formula is C12H19N3O2. The molecule has 0 saturated heterocycles. The lowest BCUT2D eigenvalue weighted by molar-refractivity contribution is -0.142. The van der Waals surface area contributed by atoms with Crippen molar-refractivity contribution in [3.8, 4) is 0 Å². The van der Waals surface area contributed by atoms with Crippen LogP contribution < -0.4 is 0 Å². The van der Waals surface area contributed by atoms with Crippen LogP contribution in [0.2, 0.25) is 0 Å². The molecule has 5 heteroatoms. The van der Waals surface area contributed by atoms with Gasteiger partial charge in [-0.25, -0.2) is 9.67 Å². The number of hydrogen-bond donors (Lipinski definition) is 1. The van der Waals surface area contributed by atoms with E-state index in [0.29, 0.717) is 18.9 Å². The maximum absolute atomic E-state index is 11.0. The first-order valence-corrected chi connectivity index (χ1v) is 6.32. The fourth-order valence-electron chi connectivity index (χ4n) is 2.36. The molecule has 17 heavy (non-hydrogen) atoms. The summed E-state index contributed by atoms with van der Waals surface area (Å²) in [4.78, 5) is 15.5. The van der Waals surface area contributed by atoms with E-state index in [1.165, 1.54) is 0 Å². The van der Waals surface area contributed by atoms with Gasteiger partial charge in [0, 0.05) is 12.3 Å². The van der Waals surface area contributed by atoms with Crippen molar-refractivity contribution in [2.45, 2.75) is 52.0 Å². The Hall–Kier alpha value is -1.39. The molecule has 0 bridgehead atoms. The van der Waals surface area contributed by atoms with Crippen molar-refractivity contribution in [1.82, 2.24) is 14.8 Å². The smallest absolute Gasteiger partial charge is 0.308 e. The standard InChI is InChI=1S/C12H19N3O2/c1-3-8(4-2)11-13-10-6-5-9(12(16)17)7-15(10)14-11/h8-9H,3-7H2,1-2H3,(H,16,17). The lowest BCUT2D eigenvalue weighted by Gasteiger charge is -2.18. The average Bonchev–Trinajstić information content (AvgIpc) is 2.72. The Morgan fingerprint density at radius 1 is 1.53 bits per heavy atom. The summed E-state index contributed by atoms with van der Waals surface area (Å²) in [5.74, 6) is 1.20. The van der Waals surface area contributed by atoms with Crippen LogP contribution in [0, 0.1) is 5.92 Å². The molecule has 2 heterocycles. The Labute approximate surface area is 101 Å². The van der Waals surface area contributed by atoms with E-state index in [-0.39, 0.29) is 5.92 Å². The van der Waals surface area contributed by atoms with Crippen molar-refractivity contribution in [3.63, 3.8) is 0 Å². The summed E-state index contributed by atoms with van der Waals surface area (Å²) in [7, 11) is 0. The predicted octanol–water partition coefficient (Wildman–Crippen LogP) is 1.83. The van der Waals surface area contributed by atoms with Crippen molar-refractivity contribution >= 4 is 5.97 Å². The molecule has 0 aliphatic carbocycles. The third-order valence-electron chi connectivity index (χ3n) is 3.57. The van der Waals surface area contributed by atoms with Gasteiger partial charge in [-0.15, -0.1) is 0 Å². The second-order valence-corrected chi connectivity index (χ2v) is 4.66. The molecule has 2 rings (SSSR count). The molecule has 1 aliphatic heterocycles. The zero-order valence-corrected chi connectivity index (χ0v) is 10.4. The van der Waals surface area contributed by atoms with Gasteiger partial charge < -0.3 is 5.11 Å². The molecule has 0 aromatic carbocycles. The highest BCUT2D eigenvalue weighted by Gasteiger charge is 2.27. The first kappa shape index (κ1) is 12.1. The van der Waals surface area contributed by atoms with E-state index < -0.39 is 5.97 Å². The predicted molar refractivity (Wildman–Crippen MR) is 62.8 cm³/mol. The third kappa shape index (κ3) is 2.33. The normalized spacial score (nSPS) is 19.4. The van der Waals surface area contributed by atoms with Crippen LogP contribution in [0.1, 0.15) is 50.7 Å². The van der Waals surface area contributed by atoms with Crippen molar-refractivity contribution in [3.05, 3.63) is 11.6 Å². The van der Waals surface area contributed by atoms with Gasteiger partial charge in [-0.1, -0.05) is 13.8 Å². The van der Waals surface area contributed by atoms with Crippen molar-refractivity contribution in [1.29, 1.82) is 0 Å². The van der Waals surface area contributed by atoms with E-state index in [2.05, 4.69) is 23.9 Å². The number of rotatable bonds is 4. The van der Waals surface area contributed by atoms with Crippen LogP contribution in [0.15, 0.2) is 0 Å². The molecule has 1 aromatic heterocycles. The lowest BCUT2D eigenvalue weighted by Crippen LogP contribution is -2.27. The van der Waals surface area contributed by atoms with Gasteiger partial charge in [0.05, 0.1) is 12.5 Å². The maximum atomic E-state index is 11.0. The summed E-state index contributed by atoms with van der Waals surface area (Å²) < 4.78 is 1.79. The van der Waals surface area contributed by atoms with Gasteiger partial charge >= 0.3 is 5.97 Å². The molecular weight excluding hydrogens is 218 g/mol. The monoisotopic (exact) mass is 237 g/mol. The van der Waals surface area contributed by atoms with Crippen molar-refractivity contribution in [2.75, 3.05) is 0 Å². The molecule has 1 N–H and O–H groups in total. The van der Waals surface area contributed by atoms with E-state index in [0.717, 1.165) is 30.9 Å². The summed E-state index contributed by atoms with van der Waals surface area (Å²) in [6.07, 6.45) is 3.46. The van der Waals surface area contributed by atoms with Crippen LogP contribution in [-0.4, -0.2) is 25.8 Å². The average molecular weight is 237 g/mol. The molecule has 0 amide bonds. The number of aliphatic carboxylic acids is 1. The van der Waals surface area contributed by atoms with Gasteiger partial charge in [-0.2, -0.15) is 5.10 Å². The minimum Gasteiger partial charge on any atom is -0.481 e. The minimum atomic E-state index is -0.727. The summed E-state index contributed by atoms with van der Waals surface area (Å²) >= 11 is 0. The number of aryl methyl sites for hydroxylation is 1. The van der Waals surface area contributed by atoms with E-state index >= 15 is 0 Å². The number of fused-ring (bicyclic) bond motifs is 1. The largest absolute Gasteiger partial charge is 0.481 e. The second kappa shape index (κ2) is 4.85. The molecule has 0 fully saturated rings. The van der Waals surface area contributed by atoms with Crippen molar-refractivity contribution < 1.29 is 9.90 Å². The second-order valence-electron chi connectivity index (χ2n) is 4.66. The Kier molecular flexibility index (Phi) is 3.45. The van der Waals surface area contributed by atoms with E-state index in [1.807, 2.05) is 0 Å². The number of carboxylic acid groups (broad SMARTS) is 1. The Morgan fingerprint density at radius 3 is 2.82 bits per heavy atom. The quantitative estimate of drug-likeness (QED) is 0.867. The number of carbonyl (C=O) groups is 1. The Bertz CT molecular complexity index is 410. The van der Waals surface area contributed by atoms with Gasteiger partial charge in [0.1, 0.15) is 5.82 Å². The summed E-state index contributed by atoms with van der Waals surface area (Å²) in [6, 6.07) is 0. The van der Waals surface area contributed by atoms with Crippen LogP contribution in [-0.2, 0) is 17.8 Å². The molecule has 0 radical (unpaired) electrons. The third-order valence-corrected chi connectivity index (χ3v) is 3.57. The first-order valence-electron chi connectivity index (χ1n) is 6.32. The highest BCUT2D eigenvalue weighted by Crippen LogP contribution is 2.24. The summed E-state index contributed by atoms with van der Waals surface area (Å²) in [6.45, 7) is 4.74.